The van der Waals surface area contributed by atoms with Crippen LogP contribution in [0.15, 0.2) is 16.4 Å². The first-order valence-electron chi connectivity index (χ1n) is 5.39. The van der Waals surface area contributed by atoms with Crippen molar-refractivity contribution in [3.05, 3.63) is 21.9 Å². The van der Waals surface area contributed by atoms with E-state index in [1.807, 2.05) is 11.3 Å². The highest BCUT2D eigenvalue weighted by Crippen LogP contribution is 2.39. The Morgan fingerprint density at radius 3 is 2.93 bits per heavy atom. The molecule has 0 amide bonds. The number of rotatable bonds is 2. The highest BCUT2D eigenvalue weighted by Gasteiger charge is 2.39. The Bertz CT molecular complexity index is 406. The van der Waals surface area contributed by atoms with Gasteiger partial charge < -0.3 is 10.6 Å². The van der Waals surface area contributed by atoms with Crippen LogP contribution in [0.5, 0.6) is 0 Å². The van der Waals surface area contributed by atoms with Crippen LogP contribution in [-0.2, 0) is 0 Å². The molecule has 1 aromatic rings. The molecule has 4 heteroatoms. The number of nitrogens with two attached hydrogens (primary N) is 1. The second-order valence-electron chi connectivity index (χ2n) is 4.32. The van der Waals surface area contributed by atoms with E-state index in [1.54, 1.807) is 0 Å². The molecule has 2 aliphatic rings. The minimum absolute atomic E-state index is 0.414. The topological polar surface area (TPSA) is 41.6 Å². The molecule has 1 unspecified atom stereocenters. The van der Waals surface area contributed by atoms with Crippen molar-refractivity contribution in [3.63, 3.8) is 0 Å². The summed E-state index contributed by atoms with van der Waals surface area (Å²) in [5.74, 6) is 0.746. The summed E-state index contributed by atoms with van der Waals surface area (Å²) in [7, 11) is 0. The first kappa shape index (κ1) is 9.21. The summed E-state index contributed by atoms with van der Waals surface area (Å²) in [5.41, 5.74) is 7.32. The molecule has 1 aliphatic heterocycles. The van der Waals surface area contributed by atoms with Gasteiger partial charge >= 0.3 is 0 Å². The van der Waals surface area contributed by atoms with Gasteiger partial charge in [-0.3, -0.25) is 4.99 Å². The van der Waals surface area contributed by atoms with Crippen LogP contribution in [0.25, 0.3) is 0 Å². The molecule has 2 N–H and O–H groups in total. The van der Waals surface area contributed by atoms with Crippen LogP contribution in [0.4, 0.5) is 0 Å². The fraction of sp³-hybridized carbons (Fsp3) is 0.545. The number of guanidine groups is 1. The Kier molecular flexibility index (Phi) is 1.99. The molecule has 3 rings (SSSR count). The predicted octanol–water partition coefficient (Wildman–Crippen LogP) is 1.89. The number of aliphatic imine (C=N–C) groups is 1. The Morgan fingerprint density at radius 2 is 2.33 bits per heavy atom. The van der Waals surface area contributed by atoms with Crippen LogP contribution in [-0.4, -0.2) is 23.4 Å². The van der Waals surface area contributed by atoms with E-state index in [1.165, 1.54) is 23.3 Å². The molecule has 1 aliphatic carbocycles. The summed E-state index contributed by atoms with van der Waals surface area (Å²) in [6, 6.07) is 3.25. The van der Waals surface area contributed by atoms with E-state index in [-0.39, 0.29) is 0 Å². The van der Waals surface area contributed by atoms with E-state index in [9.17, 15) is 0 Å². The molecule has 0 spiro atoms. The second-order valence-corrected chi connectivity index (χ2v) is 5.27. The van der Waals surface area contributed by atoms with Crippen molar-refractivity contribution < 1.29 is 0 Å². The third-order valence-corrected chi connectivity index (χ3v) is 4.29. The summed E-state index contributed by atoms with van der Waals surface area (Å²) in [6.45, 7) is 3.01. The zero-order valence-electron chi connectivity index (χ0n) is 8.81. The lowest BCUT2D eigenvalue weighted by atomic mass is 10.1. The van der Waals surface area contributed by atoms with Crippen molar-refractivity contribution in [2.75, 3.05) is 6.54 Å². The smallest absolute Gasteiger partial charge is 0.192 e. The van der Waals surface area contributed by atoms with Crippen molar-refractivity contribution >= 4 is 17.3 Å². The zero-order chi connectivity index (χ0) is 10.4. The normalized spacial score (nSPS) is 25.8. The molecule has 2 heterocycles. The number of thiophene rings is 1. The fourth-order valence-electron chi connectivity index (χ4n) is 2.24. The van der Waals surface area contributed by atoms with Gasteiger partial charge in [-0.25, -0.2) is 0 Å². The van der Waals surface area contributed by atoms with Crippen molar-refractivity contribution in [1.82, 2.24) is 4.90 Å². The fourth-order valence-corrected chi connectivity index (χ4v) is 3.26. The number of hydrogen-bond acceptors (Lipinski definition) is 4. The maximum absolute atomic E-state index is 5.95. The van der Waals surface area contributed by atoms with Crippen molar-refractivity contribution in [2.24, 2.45) is 10.7 Å². The average molecular weight is 221 g/mol. The maximum atomic E-state index is 5.95. The molecule has 3 nitrogen and oxygen atoms in total. The SMILES string of the molecule is Cc1ccsc1C1CN=C(N)N1C1CC1. The Hall–Kier alpha value is -1.03. The lowest BCUT2D eigenvalue weighted by molar-refractivity contribution is 0.341. The molecule has 1 aromatic heterocycles. The summed E-state index contributed by atoms with van der Waals surface area (Å²) in [5, 5.41) is 2.16. The standard InChI is InChI=1S/C11H15N3S/c1-7-4-5-15-10(7)9-6-13-11(12)14(9)8-2-3-8/h4-5,8-9H,2-3,6H2,1H3,(H2,12,13). The van der Waals surface area contributed by atoms with Gasteiger partial charge in [0.25, 0.3) is 0 Å². The van der Waals surface area contributed by atoms with E-state index in [0.717, 1.165) is 12.5 Å². The average Bonchev–Trinajstić information content (AvgIpc) is 2.85. The molecule has 80 valence electrons. The molecule has 1 fully saturated rings. The first-order valence-corrected chi connectivity index (χ1v) is 6.27. The monoisotopic (exact) mass is 221 g/mol. The van der Waals surface area contributed by atoms with Crippen molar-refractivity contribution in [2.45, 2.75) is 31.8 Å². The number of nitrogens with zero attached hydrogens (tertiary/aromatic N) is 2. The van der Waals surface area contributed by atoms with E-state index in [4.69, 9.17) is 5.73 Å². The predicted molar refractivity (Wildman–Crippen MR) is 63.1 cm³/mol. The van der Waals surface area contributed by atoms with Gasteiger partial charge in [0.15, 0.2) is 5.96 Å². The number of hydrogen-bond donors (Lipinski definition) is 1. The minimum Gasteiger partial charge on any atom is -0.370 e. The highest BCUT2D eigenvalue weighted by molar-refractivity contribution is 7.10. The summed E-state index contributed by atoms with van der Waals surface area (Å²) in [6.07, 6.45) is 2.55. The number of aryl methyl sites for hydroxylation is 1. The lowest BCUT2D eigenvalue weighted by Gasteiger charge is -2.25. The minimum atomic E-state index is 0.414. The van der Waals surface area contributed by atoms with Gasteiger partial charge in [-0.05, 0) is 36.8 Å². The van der Waals surface area contributed by atoms with Gasteiger partial charge in [0.2, 0.25) is 0 Å². The largest absolute Gasteiger partial charge is 0.370 e. The van der Waals surface area contributed by atoms with Crippen molar-refractivity contribution in [1.29, 1.82) is 0 Å². The Labute approximate surface area is 93.6 Å². The Balaban J connectivity index is 1.91. The van der Waals surface area contributed by atoms with Crippen molar-refractivity contribution in [3.8, 4) is 0 Å². The Morgan fingerprint density at radius 1 is 1.53 bits per heavy atom. The van der Waals surface area contributed by atoms with E-state index in [0.29, 0.717) is 12.1 Å². The van der Waals surface area contributed by atoms with Gasteiger partial charge in [0, 0.05) is 10.9 Å². The molecule has 15 heavy (non-hydrogen) atoms. The molecule has 0 radical (unpaired) electrons. The lowest BCUT2D eigenvalue weighted by Crippen LogP contribution is -2.37. The van der Waals surface area contributed by atoms with Crippen LogP contribution in [0.1, 0.15) is 29.3 Å². The van der Waals surface area contributed by atoms with E-state index < -0.39 is 0 Å². The molecular weight excluding hydrogens is 206 g/mol. The molecule has 1 saturated carbocycles. The zero-order valence-corrected chi connectivity index (χ0v) is 9.63. The maximum Gasteiger partial charge on any atom is 0.192 e. The van der Waals surface area contributed by atoms with Gasteiger partial charge in [0.1, 0.15) is 0 Å². The molecular formula is C11H15N3S. The van der Waals surface area contributed by atoms with Crippen LogP contribution in [0.3, 0.4) is 0 Å². The van der Waals surface area contributed by atoms with Gasteiger partial charge in [-0.2, -0.15) is 0 Å². The first-order chi connectivity index (χ1) is 7.27. The van der Waals surface area contributed by atoms with Gasteiger partial charge in [0.05, 0.1) is 12.6 Å². The van der Waals surface area contributed by atoms with Crippen LogP contribution < -0.4 is 5.73 Å². The van der Waals surface area contributed by atoms with Crippen LogP contribution in [0, 0.1) is 6.92 Å². The summed E-state index contributed by atoms with van der Waals surface area (Å²) < 4.78 is 0. The van der Waals surface area contributed by atoms with Gasteiger partial charge in [-0.15, -0.1) is 11.3 Å². The highest BCUT2D eigenvalue weighted by atomic mass is 32.1. The quantitative estimate of drug-likeness (QED) is 0.828. The van der Waals surface area contributed by atoms with Crippen LogP contribution >= 0.6 is 11.3 Å². The van der Waals surface area contributed by atoms with E-state index in [2.05, 4.69) is 28.3 Å². The molecule has 0 aromatic carbocycles. The third-order valence-electron chi connectivity index (χ3n) is 3.17. The van der Waals surface area contributed by atoms with Crippen LogP contribution in [0.2, 0.25) is 0 Å². The second kappa shape index (κ2) is 3.23. The van der Waals surface area contributed by atoms with E-state index >= 15 is 0 Å². The molecule has 0 saturated heterocycles. The molecule has 0 bridgehead atoms. The summed E-state index contributed by atoms with van der Waals surface area (Å²) in [4.78, 5) is 8.14. The van der Waals surface area contributed by atoms with Gasteiger partial charge in [-0.1, -0.05) is 0 Å². The third kappa shape index (κ3) is 1.44. The molecule has 1 atom stereocenters. The summed E-state index contributed by atoms with van der Waals surface area (Å²) >= 11 is 1.83.